The highest BCUT2D eigenvalue weighted by Gasteiger charge is 2.14. The minimum absolute atomic E-state index is 0.00789. The van der Waals surface area contributed by atoms with Crippen LogP contribution in [0.2, 0.25) is 0 Å². The quantitative estimate of drug-likeness (QED) is 0.846. The number of carbonyl (C=O) groups excluding carboxylic acids is 1. The summed E-state index contributed by atoms with van der Waals surface area (Å²) >= 11 is 0. The summed E-state index contributed by atoms with van der Waals surface area (Å²) in [6.45, 7) is 2.39. The van der Waals surface area contributed by atoms with Gasteiger partial charge in [0.2, 0.25) is 5.91 Å². The van der Waals surface area contributed by atoms with E-state index in [1.54, 1.807) is 26.2 Å². The van der Waals surface area contributed by atoms with Gasteiger partial charge in [0.05, 0.1) is 20.8 Å². The largest absolute Gasteiger partial charge is 0.496 e. The fraction of sp³-hybridized carbons (Fsp3) is 0.462. The van der Waals surface area contributed by atoms with Gasteiger partial charge >= 0.3 is 0 Å². The van der Waals surface area contributed by atoms with Crippen molar-refractivity contribution in [3.05, 3.63) is 23.3 Å². The summed E-state index contributed by atoms with van der Waals surface area (Å²) in [6, 6.07) is 3.76. The zero-order valence-electron chi connectivity index (χ0n) is 11.3. The summed E-state index contributed by atoms with van der Waals surface area (Å²) in [6.07, 6.45) is 0. The number of carbonyl (C=O) groups is 1. The van der Waals surface area contributed by atoms with Crippen LogP contribution in [0.5, 0.6) is 11.5 Å². The summed E-state index contributed by atoms with van der Waals surface area (Å²) in [5.74, 6) is 1.40. The van der Waals surface area contributed by atoms with Gasteiger partial charge < -0.3 is 20.1 Å². The van der Waals surface area contributed by atoms with E-state index in [1.807, 2.05) is 19.1 Å². The molecule has 5 heteroatoms. The highest BCUT2D eigenvalue weighted by molar-refractivity contribution is 5.77. The molecule has 0 aliphatic heterocycles. The number of nitrogens with zero attached hydrogens (tertiary/aromatic N) is 1. The van der Waals surface area contributed by atoms with E-state index >= 15 is 0 Å². The van der Waals surface area contributed by atoms with Crippen LogP contribution in [-0.2, 0) is 11.3 Å². The molecule has 0 saturated heterocycles. The average Bonchev–Trinajstić information content (AvgIpc) is 2.38. The number of methoxy groups -OCH3 is 2. The first kappa shape index (κ1) is 14.3. The molecule has 0 fully saturated rings. The summed E-state index contributed by atoms with van der Waals surface area (Å²) < 4.78 is 10.6. The maximum Gasteiger partial charge on any atom is 0.236 e. The average molecular weight is 252 g/mol. The zero-order chi connectivity index (χ0) is 13.7. The van der Waals surface area contributed by atoms with Gasteiger partial charge in [-0.25, -0.2) is 0 Å². The molecule has 18 heavy (non-hydrogen) atoms. The Hall–Kier alpha value is -1.75. The van der Waals surface area contributed by atoms with Crippen LogP contribution < -0.4 is 15.2 Å². The zero-order valence-corrected chi connectivity index (χ0v) is 11.3. The van der Waals surface area contributed by atoms with Crippen LogP contribution in [0.15, 0.2) is 12.1 Å². The van der Waals surface area contributed by atoms with E-state index in [4.69, 9.17) is 15.2 Å². The molecule has 0 aromatic heterocycles. The minimum atomic E-state index is -0.106. The molecule has 2 N–H and O–H groups in total. The first-order chi connectivity index (χ1) is 8.54. The number of likely N-dealkylation sites (N-methyl/N-ethyl adjacent to an activating group) is 1. The first-order valence-corrected chi connectivity index (χ1v) is 5.69. The van der Waals surface area contributed by atoms with E-state index < -0.39 is 0 Å². The lowest BCUT2D eigenvalue weighted by atomic mass is 10.1. The molecule has 0 aliphatic rings. The van der Waals surface area contributed by atoms with Gasteiger partial charge in [-0.15, -0.1) is 0 Å². The van der Waals surface area contributed by atoms with Crippen molar-refractivity contribution >= 4 is 5.91 Å². The van der Waals surface area contributed by atoms with Crippen molar-refractivity contribution in [2.75, 3.05) is 27.8 Å². The number of amides is 1. The summed E-state index contributed by atoms with van der Waals surface area (Å²) in [5, 5.41) is 0. The van der Waals surface area contributed by atoms with Crippen molar-refractivity contribution < 1.29 is 14.3 Å². The van der Waals surface area contributed by atoms with Gasteiger partial charge in [-0.3, -0.25) is 4.79 Å². The van der Waals surface area contributed by atoms with Gasteiger partial charge in [0.25, 0.3) is 0 Å². The Morgan fingerprint density at radius 3 is 2.50 bits per heavy atom. The van der Waals surface area contributed by atoms with Crippen LogP contribution in [0.4, 0.5) is 0 Å². The second-order valence-electron chi connectivity index (χ2n) is 4.04. The molecule has 0 heterocycles. The summed E-state index contributed by atoms with van der Waals surface area (Å²) in [4.78, 5) is 13.0. The Bertz CT molecular complexity index is 432. The second-order valence-corrected chi connectivity index (χ2v) is 4.04. The molecule has 0 unspecified atom stereocenters. The van der Waals surface area contributed by atoms with E-state index in [2.05, 4.69) is 0 Å². The van der Waals surface area contributed by atoms with E-state index in [1.165, 1.54) is 0 Å². The molecular weight excluding hydrogens is 232 g/mol. The van der Waals surface area contributed by atoms with E-state index in [0.717, 1.165) is 22.6 Å². The first-order valence-electron chi connectivity index (χ1n) is 5.69. The van der Waals surface area contributed by atoms with Crippen LogP contribution in [-0.4, -0.2) is 38.6 Å². The Balaban J connectivity index is 3.03. The van der Waals surface area contributed by atoms with Gasteiger partial charge in [0.1, 0.15) is 11.5 Å². The number of benzene rings is 1. The molecule has 5 nitrogen and oxygen atoms in total. The third-order valence-corrected chi connectivity index (χ3v) is 2.87. The van der Waals surface area contributed by atoms with Crippen LogP contribution in [0.1, 0.15) is 11.1 Å². The molecular formula is C13H20N2O3. The number of nitrogens with two attached hydrogens (primary N) is 1. The predicted octanol–water partition coefficient (Wildman–Crippen LogP) is 0.929. The molecule has 1 aromatic rings. The monoisotopic (exact) mass is 252 g/mol. The third kappa shape index (κ3) is 2.92. The van der Waals surface area contributed by atoms with Crippen LogP contribution in [0.3, 0.4) is 0 Å². The van der Waals surface area contributed by atoms with Gasteiger partial charge in [0.15, 0.2) is 0 Å². The summed E-state index contributed by atoms with van der Waals surface area (Å²) in [5.41, 5.74) is 7.18. The lowest BCUT2D eigenvalue weighted by Gasteiger charge is -2.20. The smallest absolute Gasteiger partial charge is 0.236 e. The fourth-order valence-electron chi connectivity index (χ4n) is 1.86. The Morgan fingerprint density at radius 1 is 1.33 bits per heavy atom. The van der Waals surface area contributed by atoms with Crippen molar-refractivity contribution in [2.24, 2.45) is 5.73 Å². The predicted molar refractivity (Wildman–Crippen MR) is 69.8 cm³/mol. The Kier molecular flexibility index (Phi) is 4.97. The molecule has 0 aliphatic carbocycles. The van der Waals surface area contributed by atoms with Gasteiger partial charge in [0, 0.05) is 24.7 Å². The number of hydrogen-bond donors (Lipinski definition) is 1. The lowest BCUT2D eigenvalue weighted by molar-refractivity contribution is -0.128. The normalized spacial score (nSPS) is 10.1. The van der Waals surface area contributed by atoms with Gasteiger partial charge in [-0.2, -0.15) is 0 Å². The van der Waals surface area contributed by atoms with Crippen molar-refractivity contribution in [1.82, 2.24) is 4.90 Å². The SMILES string of the molecule is COc1ccc(CN(C)C(=O)CN)c(OC)c1C. The highest BCUT2D eigenvalue weighted by atomic mass is 16.5. The summed E-state index contributed by atoms with van der Waals surface area (Å²) in [7, 11) is 4.94. The van der Waals surface area contributed by atoms with Crippen LogP contribution >= 0.6 is 0 Å². The molecule has 0 spiro atoms. The molecule has 0 radical (unpaired) electrons. The van der Waals surface area contributed by atoms with E-state index in [-0.39, 0.29) is 12.5 Å². The van der Waals surface area contributed by atoms with E-state index in [9.17, 15) is 4.79 Å². The van der Waals surface area contributed by atoms with E-state index in [0.29, 0.717) is 6.54 Å². The third-order valence-electron chi connectivity index (χ3n) is 2.87. The molecule has 1 aromatic carbocycles. The van der Waals surface area contributed by atoms with Crippen molar-refractivity contribution in [3.8, 4) is 11.5 Å². The lowest BCUT2D eigenvalue weighted by Crippen LogP contribution is -2.32. The number of ether oxygens (including phenoxy) is 2. The topological polar surface area (TPSA) is 64.8 Å². The molecule has 0 saturated carbocycles. The maximum absolute atomic E-state index is 11.5. The molecule has 0 atom stereocenters. The van der Waals surface area contributed by atoms with Crippen molar-refractivity contribution in [3.63, 3.8) is 0 Å². The fourth-order valence-corrected chi connectivity index (χ4v) is 1.86. The molecule has 100 valence electrons. The van der Waals surface area contributed by atoms with Crippen LogP contribution in [0, 0.1) is 6.92 Å². The number of rotatable bonds is 5. The maximum atomic E-state index is 11.5. The van der Waals surface area contributed by atoms with Crippen molar-refractivity contribution in [2.45, 2.75) is 13.5 Å². The molecule has 1 rings (SSSR count). The molecule has 0 bridgehead atoms. The highest BCUT2D eigenvalue weighted by Crippen LogP contribution is 2.31. The molecule has 1 amide bonds. The van der Waals surface area contributed by atoms with Crippen LogP contribution in [0.25, 0.3) is 0 Å². The minimum Gasteiger partial charge on any atom is -0.496 e. The standard InChI is InChI=1S/C13H20N2O3/c1-9-11(17-3)6-5-10(13(9)18-4)8-15(2)12(16)7-14/h5-6H,7-8,14H2,1-4H3. The Morgan fingerprint density at radius 2 is 2.00 bits per heavy atom. The van der Waals surface area contributed by atoms with Gasteiger partial charge in [-0.1, -0.05) is 0 Å². The Labute approximate surface area is 107 Å². The second kappa shape index (κ2) is 6.26. The van der Waals surface area contributed by atoms with Crippen molar-refractivity contribution in [1.29, 1.82) is 0 Å². The van der Waals surface area contributed by atoms with Gasteiger partial charge in [-0.05, 0) is 19.1 Å². The number of hydrogen-bond acceptors (Lipinski definition) is 4.